The van der Waals surface area contributed by atoms with Crippen molar-refractivity contribution in [2.75, 3.05) is 11.9 Å². The van der Waals surface area contributed by atoms with Crippen molar-refractivity contribution in [3.8, 4) is 5.75 Å². The molecule has 0 aromatic heterocycles. The first-order chi connectivity index (χ1) is 9.44. The molecule has 108 valence electrons. The van der Waals surface area contributed by atoms with Crippen LogP contribution in [0.3, 0.4) is 0 Å². The van der Waals surface area contributed by atoms with Crippen molar-refractivity contribution >= 4 is 17.6 Å². The molecular weight excluding hydrogens is 258 g/mol. The molecule has 0 radical (unpaired) electrons. The van der Waals surface area contributed by atoms with Gasteiger partial charge in [-0.3, -0.25) is 4.79 Å². The van der Waals surface area contributed by atoms with Crippen molar-refractivity contribution in [3.63, 3.8) is 0 Å². The highest BCUT2D eigenvalue weighted by Crippen LogP contribution is 2.55. The van der Waals surface area contributed by atoms with Crippen LogP contribution in [-0.4, -0.2) is 23.6 Å². The second kappa shape index (κ2) is 5.53. The molecule has 20 heavy (non-hydrogen) atoms. The summed E-state index contributed by atoms with van der Waals surface area (Å²) < 4.78 is 5.08. The van der Waals surface area contributed by atoms with Crippen molar-refractivity contribution in [2.45, 2.75) is 26.7 Å². The molecule has 2 N–H and O–H groups in total. The normalized spacial score (nSPS) is 24.0. The molecule has 1 amide bonds. The second-order valence-electron chi connectivity index (χ2n) is 5.46. The average molecular weight is 277 g/mol. The molecule has 1 aliphatic rings. The number of carbonyl (C=O) groups excluding carboxylic acids is 1. The predicted molar refractivity (Wildman–Crippen MR) is 74.7 cm³/mol. The Balaban J connectivity index is 1.95. The summed E-state index contributed by atoms with van der Waals surface area (Å²) >= 11 is 0. The number of benzene rings is 1. The number of anilines is 1. The van der Waals surface area contributed by atoms with E-state index in [0.717, 1.165) is 12.8 Å². The standard InChI is InChI=1S/C15H19NO4/c1-3-15(2)8-12(15)14(19)16-10-5-4-6-11(7-10)20-9-13(17)18/h4-7,12H,3,8-9H2,1-2H3,(H,16,19)(H,17,18). The second-order valence-corrected chi connectivity index (χ2v) is 5.46. The van der Waals surface area contributed by atoms with E-state index >= 15 is 0 Å². The third-order valence-corrected chi connectivity index (χ3v) is 3.94. The lowest BCUT2D eigenvalue weighted by molar-refractivity contribution is -0.139. The minimum atomic E-state index is -1.03. The monoisotopic (exact) mass is 277 g/mol. The minimum Gasteiger partial charge on any atom is -0.482 e. The van der Waals surface area contributed by atoms with Gasteiger partial charge >= 0.3 is 5.97 Å². The van der Waals surface area contributed by atoms with Crippen molar-refractivity contribution in [1.29, 1.82) is 0 Å². The Morgan fingerprint density at radius 3 is 2.85 bits per heavy atom. The summed E-state index contributed by atoms with van der Waals surface area (Å²) in [6, 6.07) is 6.77. The molecule has 2 atom stereocenters. The van der Waals surface area contributed by atoms with E-state index in [4.69, 9.17) is 9.84 Å². The van der Waals surface area contributed by atoms with Crippen LogP contribution in [0.1, 0.15) is 26.7 Å². The van der Waals surface area contributed by atoms with Crippen LogP contribution >= 0.6 is 0 Å². The molecule has 1 aromatic carbocycles. The fourth-order valence-corrected chi connectivity index (χ4v) is 2.25. The molecule has 0 saturated heterocycles. The van der Waals surface area contributed by atoms with Crippen LogP contribution in [0.5, 0.6) is 5.75 Å². The van der Waals surface area contributed by atoms with E-state index in [1.54, 1.807) is 24.3 Å². The first kappa shape index (κ1) is 14.4. The number of rotatable bonds is 6. The lowest BCUT2D eigenvalue weighted by Crippen LogP contribution is -2.17. The van der Waals surface area contributed by atoms with Gasteiger partial charge in [-0.25, -0.2) is 4.79 Å². The molecule has 0 spiro atoms. The summed E-state index contributed by atoms with van der Waals surface area (Å²) in [5.74, 6) is -0.517. The quantitative estimate of drug-likeness (QED) is 0.837. The minimum absolute atomic E-state index is 0.0183. The van der Waals surface area contributed by atoms with Crippen LogP contribution in [0, 0.1) is 11.3 Å². The number of carbonyl (C=O) groups is 2. The van der Waals surface area contributed by atoms with Gasteiger partial charge in [-0.1, -0.05) is 19.9 Å². The molecule has 2 rings (SSSR count). The van der Waals surface area contributed by atoms with E-state index in [0.29, 0.717) is 11.4 Å². The number of hydrogen-bond donors (Lipinski definition) is 2. The van der Waals surface area contributed by atoms with Gasteiger partial charge < -0.3 is 15.2 Å². The first-order valence-corrected chi connectivity index (χ1v) is 6.70. The Morgan fingerprint density at radius 2 is 2.25 bits per heavy atom. The van der Waals surface area contributed by atoms with Crippen LogP contribution in [0.15, 0.2) is 24.3 Å². The summed E-state index contributed by atoms with van der Waals surface area (Å²) in [4.78, 5) is 22.5. The van der Waals surface area contributed by atoms with Crippen molar-refractivity contribution in [2.24, 2.45) is 11.3 Å². The van der Waals surface area contributed by atoms with Crippen molar-refractivity contribution < 1.29 is 19.4 Å². The van der Waals surface area contributed by atoms with Gasteiger partial charge in [0.15, 0.2) is 6.61 Å². The molecule has 1 saturated carbocycles. The molecule has 5 nitrogen and oxygen atoms in total. The molecule has 2 unspecified atom stereocenters. The molecule has 1 aliphatic carbocycles. The van der Waals surface area contributed by atoms with Crippen LogP contribution in [0.2, 0.25) is 0 Å². The third kappa shape index (κ3) is 3.29. The van der Waals surface area contributed by atoms with Gasteiger partial charge in [0.2, 0.25) is 5.91 Å². The summed E-state index contributed by atoms with van der Waals surface area (Å²) in [6.07, 6.45) is 1.91. The fraction of sp³-hybridized carbons (Fsp3) is 0.467. The van der Waals surface area contributed by atoms with E-state index in [9.17, 15) is 9.59 Å². The molecule has 0 heterocycles. The number of nitrogens with one attached hydrogen (secondary N) is 1. The average Bonchev–Trinajstić information content (AvgIpc) is 3.10. The number of aliphatic carboxylic acids is 1. The highest BCUT2D eigenvalue weighted by atomic mass is 16.5. The molecule has 1 aromatic rings. The largest absolute Gasteiger partial charge is 0.482 e. The molecule has 0 aliphatic heterocycles. The SMILES string of the molecule is CCC1(C)CC1C(=O)Nc1cccc(OCC(=O)O)c1. The van der Waals surface area contributed by atoms with E-state index in [1.807, 2.05) is 0 Å². The van der Waals surface area contributed by atoms with Crippen LogP contribution in [0.25, 0.3) is 0 Å². The number of ether oxygens (including phenoxy) is 1. The van der Waals surface area contributed by atoms with E-state index in [2.05, 4.69) is 19.2 Å². The van der Waals surface area contributed by atoms with E-state index in [1.165, 1.54) is 0 Å². The van der Waals surface area contributed by atoms with Gasteiger partial charge in [0, 0.05) is 17.7 Å². The molecule has 0 bridgehead atoms. The summed E-state index contributed by atoms with van der Waals surface area (Å²) in [5.41, 5.74) is 0.754. The van der Waals surface area contributed by atoms with Gasteiger partial charge in [0.05, 0.1) is 0 Å². The highest BCUT2D eigenvalue weighted by Gasteiger charge is 2.52. The fourth-order valence-electron chi connectivity index (χ4n) is 2.25. The zero-order valence-corrected chi connectivity index (χ0v) is 11.7. The maximum Gasteiger partial charge on any atom is 0.341 e. The van der Waals surface area contributed by atoms with Gasteiger partial charge in [0.25, 0.3) is 0 Å². The third-order valence-electron chi connectivity index (χ3n) is 3.94. The predicted octanol–water partition coefficient (Wildman–Crippen LogP) is 2.52. The Bertz CT molecular complexity index is 528. The first-order valence-electron chi connectivity index (χ1n) is 6.70. The zero-order chi connectivity index (χ0) is 14.8. The van der Waals surface area contributed by atoms with Gasteiger partial charge in [-0.2, -0.15) is 0 Å². The lowest BCUT2D eigenvalue weighted by atomic mass is 10.0. The zero-order valence-electron chi connectivity index (χ0n) is 11.7. The highest BCUT2D eigenvalue weighted by molar-refractivity contribution is 5.95. The Hall–Kier alpha value is -2.04. The Labute approximate surface area is 117 Å². The van der Waals surface area contributed by atoms with Crippen molar-refractivity contribution in [3.05, 3.63) is 24.3 Å². The summed E-state index contributed by atoms with van der Waals surface area (Å²) in [7, 11) is 0. The van der Waals surface area contributed by atoms with Crippen LogP contribution < -0.4 is 10.1 Å². The Morgan fingerprint density at radius 1 is 1.50 bits per heavy atom. The van der Waals surface area contributed by atoms with Gasteiger partial charge in [0.1, 0.15) is 5.75 Å². The number of carboxylic acid groups (broad SMARTS) is 1. The molecular formula is C15H19NO4. The number of hydrogen-bond acceptors (Lipinski definition) is 3. The Kier molecular flexibility index (Phi) is 3.97. The summed E-state index contributed by atoms with van der Waals surface area (Å²) in [5, 5.41) is 11.4. The topological polar surface area (TPSA) is 75.6 Å². The van der Waals surface area contributed by atoms with E-state index < -0.39 is 12.6 Å². The van der Waals surface area contributed by atoms with E-state index in [-0.39, 0.29) is 17.2 Å². The van der Waals surface area contributed by atoms with Gasteiger partial charge in [-0.15, -0.1) is 0 Å². The summed E-state index contributed by atoms with van der Waals surface area (Å²) in [6.45, 7) is 3.81. The maximum atomic E-state index is 12.1. The van der Waals surface area contributed by atoms with Crippen molar-refractivity contribution in [1.82, 2.24) is 0 Å². The lowest BCUT2D eigenvalue weighted by Gasteiger charge is -2.10. The van der Waals surface area contributed by atoms with Crippen LogP contribution in [-0.2, 0) is 9.59 Å². The van der Waals surface area contributed by atoms with Crippen LogP contribution in [0.4, 0.5) is 5.69 Å². The number of amides is 1. The molecule has 1 fully saturated rings. The number of carboxylic acids is 1. The smallest absolute Gasteiger partial charge is 0.341 e. The van der Waals surface area contributed by atoms with Gasteiger partial charge in [-0.05, 0) is 30.4 Å². The maximum absolute atomic E-state index is 12.1. The molecule has 5 heteroatoms.